The monoisotopic (exact) mass is 220 g/mol. The Bertz CT molecular complexity index is 340. The van der Waals surface area contributed by atoms with Gasteiger partial charge in [0.25, 0.3) is 0 Å². The molecule has 0 amide bonds. The van der Waals surface area contributed by atoms with Gasteiger partial charge in [0.15, 0.2) is 0 Å². The summed E-state index contributed by atoms with van der Waals surface area (Å²) in [5.74, 6) is 0.442. The van der Waals surface area contributed by atoms with Crippen molar-refractivity contribution in [2.75, 3.05) is 6.54 Å². The number of nitrogens with one attached hydrogen (secondary N) is 1. The van der Waals surface area contributed by atoms with Crippen LogP contribution in [-0.2, 0) is 6.54 Å². The molecule has 2 unspecified atom stereocenters. The Balaban J connectivity index is 1.78. The number of hydrogen-bond acceptors (Lipinski definition) is 3. The zero-order valence-corrected chi connectivity index (χ0v) is 9.82. The maximum atomic E-state index is 9.69. The Morgan fingerprint density at radius 1 is 1.50 bits per heavy atom. The summed E-state index contributed by atoms with van der Waals surface area (Å²) >= 11 is 0. The van der Waals surface area contributed by atoms with Gasteiger partial charge >= 0.3 is 0 Å². The van der Waals surface area contributed by atoms with Crippen LogP contribution in [-0.4, -0.2) is 22.7 Å². The minimum Gasteiger partial charge on any atom is -0.393 e. The molecule has 0 aliphatic heterocycles. The van der Waals surface area contributed by atoms with Crippen LogP contribution in [0.4, 0.5) is 0 Å². The summed E-state index contributed by atoms with van der Waals surface area (Å²) in [7, 11) is 0. The normalized spacial score (nSPS) is 24.9. The highest BCUT2D eigenvalue weighted by molar-refractivity contribution is 5.20. The van der Waals surface area contributed by atoms with Gasteiger partial charge < -0.3 is 10.4 Å². The quantitative estimate of drug-likeness (QED) is 0.811. The molecule has 0 spiro atoms. The first-order chi connectivity index (χ1) is 7.77. The predicted octanol–water partition coefficient (Wildman–Crippen LogP) is 1.64. The zero-order valence-electron chi connectivity index (χ0n) is 9.82. The van der Waals surface area contributed by atoms with Gasteiger partial charge in [0.2, 0.25) is 0 Å². The van der Waals surface area contributed by atoms with Gasteiger partial charge in [0, 0.05) is 25.5 Å². The van der Waals surface area contributed by atoms with Crippen LogP contribution in [0.1, 0.15) is 30.4 Å². The summed E-state index contributed by atoms with van der Waals surface area (Å²) in [6.07, 6.45) is 6.92. The maximum Gasteiger partial charge on any atom is 0.0580 e. The molecule has 1 aliphatic carbocycles. The molecule has 0 aromatic carbocycles. The molecule has 2 atom stereocenters. The molecule has 3 nitrogen and oxygen atoms in total. The molecule has 3 heteroatoms. The molecule has 16 heavy (non-hydrogen) atoms. The number of aromatic nitrogens is 1. The third-order valence-corrected chi connectivity index (χ3v) is 3.49. The number of hydrogen-bond donors (Lipinski definition) is 2. The van der Waals surface area contributed by atoms with Crippen molar-refractivity contribution >= 4 is 0 Å². The fraction of sp³-hybridized carbons (Fsp3) is 0.615. The van der Waals surface area contributed by atoms with Crippen molar-refractivity contribution in [3.05, 3.63) is 29.6 Å². The van der Waals surface area contributed by atoms with E-state index in [-0.39, 0.29) is 6.10 Å². The zero-order chi connectivity index (χ0) is 11.4. The number of pyridine rings is 1. The van der Waals surface area contributed by atoms with Gasteiger partial charge in [-0.15, -0.1) is 0 Å². The second-order valence-corrected chi connectivity index (χ2v) is 4.69. The Hall–Kier alpha value is -0.930. The molecular formula is C13H20N2O. The van der Waals surface area contributed by atoms with Gasteiger partial charge in [-0.2, -0.15) is 0 Å². The summed E-state index contributed by atoms with van der Waals surface area (Å²) in [4.78, 5) is 4.12. The number of rotatable bonds is 4. The third kappa shape index (κ3) is 2.80. The predicted molar refractivity (Wildman–Crippen MR) is 64.0 cm³/mol. The number of nitrogens with zero attached hydrogens (tertiary/aromatic N) is 1. The van der Waals surface area contributed by atoms with E-state index in [4.69, 9.17) is 0 Å². The van der Waals surface area contributed by atoms with E-state index in [2.05, 4.69) is 17.2 Å². The highest BCUT2D eigenvalue weighted by Crippen LogP contribution is 2.24. The van der Waals surface area contributed by atoms with E-state index >= 15 is 0 Å². The Morgan fingerprint density at radius 2 is 2.38 bits per heavy atom. The first-order valence-corrected chi connectivity index (χ1v) is 6.05. The number of aryl methyl sites for hydroxylation is 1. The van der Waals surface area contributed by atoms with Crippen molar-refractivity contribution < 1.29 is 5.11 Å². The van der Waals surface area contributed by atoms with Crippen LogP contribution in [0.5, 0.6) is 0 Å². The highest BCUT2D eigenvalue weighted by atomic mass is 16.3. The molecule has 2 rings (SSSR count). The third-order valence-electron chi connectivity index (χ3n) is 3.49. The van der Waals surface area contributed by atoms with Gasteiger partial charge in [-0.3, -0.25) is 4.98 Å². The van der Waals surface area contributed by atoms with Crippen LogP contribution in [0.15, 0.2) is 18.5 Å². The largest absolute Gasteiger partial charge is 0.393 e. The minimum absolute atomic E-state index is 0.0949. The molecule has 1 aliphatic rings. The SMILES string of the molecule is Cc1ccncc1CNCC1CCCC1O. The fourth-order valence-electron chi connectivity index (χ4n) is 2.33. The molecule has 88 valence electrons. The smallest absolute Gasteiger partial charge is 0.0580 e. The van der Waals surface area contributed by atoms with Crippen molar-refractivity contribution in [1.29, 1.82) is 0 Å². The van der Waals surface area contributed by atoms with Crippen molar-refractivity contribution in [3.63, 3.8) is 0 Å². The summed E-state index contributed by atoms with van der Waals surface area (Å²) in [5.41, 5.74) is 2.52. The van der Waals surface area contributed by atoms with Crippen LogP contribution in [0, 0.1) is 12.8 Å². The topological polar surface area (TPSA) is 45.2 Å². The first-order valence-electron chi connectivity index (χ1n) is 6.05. The second-order valence-electron chi connectivity index (χ2n) is 4.69. The van der Waals surface area contributed by atoms with Gasteiger partial charge in [-0.25, -0.2) is 0 Å². The van der Waals surface area contributed by atoms with Gasteiger partial charge in [0.05, 0.1) is 6.10 Å². The lowest BCUT2D eigenvalue weighted by Crippen LogP contribution is -2.27. The van der Waals surface area contributed by atoms with Crippen LogP contribution < -0.4 is 5.32 Å². The first kappa shape index (κ1) is 11.6. The Kier molecular flexibility index (Phi) is 3.91. The molecule has 1 aromatic heterocycles. The van der Waals surface area contributed by atoms with E-state index in [0.717, 1.165) is 25.9 Å². The van der Waals surface area contributed by atoms with Crippen molar-refractivity contribution in [1.82, 2.24) is 10.3 Å². The number of aliphatic hydroxyl groups is 1. The summed E-state index contributed by atoms with van der Waals surface area (Å²) in [5, 5.41) is 13.1. The van der Waals surface area contributed by atoms with Crippen molar-refractivity contribution in [2.45, 2.75) is 38.8 Å². The Labute approximate surface area is 96.9 Å². The summed E-state index contributed by atoms with van der Waals surface area (Å²) in [6, 6.07) is 2.03. The van der Waals surface area contributed by atoms with Crippen LogP contribution in [0.2, 0.25) is 0 Å². The molecule has 0 radical (unpaired) electrons. The van der Waals surface area contributed by atoms with E-state index in [1.165, 1.54) is 17.5 Å². The molecule has 1 heterocycles. The summed E-state index contributed by atoms with van der Waals surface area (Å²) < 4.78 is 0. The van der Waals surface area contributed by atoms with Crippen LogP contribution in [0.3, 0.4) is 0 Å². The van der Waals surface area contributed by atoms with Gasteiger partial charge in [-0.05, 0) is 42.9 Å². The van der Waals surface area contributed by atoms with Gasteiger partial charge in [0.1, 0.15) is 0 Å². The number of aliphatic hydroxyl groups excluding tert-OH is 1. The van der Waals surface area contributed by atoms with Crippen molar-refractivity contribution in [2.24, 2.45) is 5.92 Å². The highest BCUT2D eigenvalue weighted by Gasteiger charge is 2.24. The van der Waals surface area contributed by atoms with E-state index in [1.54, 1.807) is 0 Å². The van der Waals surface area contributed by atoms with E-state index in [1.807, 2.05) is 18.5 Å². The van der Waals surface area contributed by atoms with Crippen LogP contribution >= 0.6 is 0 Å². The molecule has 1 saturated carbocycles. The molecule has 1 fully saturated rings. The molecule has 1 aromatic rings. The average molecular weight is 220 g/mol. The average Bonchev–Trinajstić information content (AvgIpc) is 2.67. The standard InChI is InChI=1S/C13H20N2O/c1-10-5-6-14-8-12(10)9-15-7-11-3-2-4-13(11)16/h5-6,8,11,13,15-16H,2-4,7,9H2,1H3. The Morgan fingerprint density at radius 3 is 3.06 bits per heavy atom. The molecular weight excluding hydrogens is 200 g/mol. The van der Waals surface area contributed by atoms with E-state index < -0.39 is 0 Å². The minimum atomic E-state index is -0.0949. The maximum absolute atomic E-state index is 9.69. The van der Waals surface area contributed by atoms with E-state index in [9.17, 15) is 5.11 Å². The lowest BCUT2D eigenvalue weighted by atomic mass is 10.1. The molecule has 2 N–H and O–H groups in total. The van der Waals surface area contributed by atoms with Gasteiger partial charge in [-0.1, -0.05) is 6.42 Å². The summed E-state index contributed by atoms with van der Waals surface area (Å²) in [6.45, 7) is 3.86. The van der Waals surface area contributed by atoms with Crippen molar-refractivity contribution in [3.8, 4) is 0 Å². The lowest BCUT2D eigenvalue weighted by molar-refractivity contribution is 0.131. The van der Waals surface area contributed by atoms with Crippen LogP contribution in [0.25, 0.3) is 0 Å². The fourth-order valence-corrected chi connectivity index (χ4v) is 2.33. The molecule has 0 bridgehead atoms. The second kappa shape index (κ2) is 5.41. The van der Waals surface area contributed by atoms with E-state index in [0.29, 0.717) is 5.92 Å². The molecule has 0 saturated heterocycles. The lowest BCUT2D eigenvalue weighted by Gasteiger charge is -2.15.